The number of hydrogen-bond donors (Lipinski definition) is 3. The van der Waals surface area contributed by atoms with Crippen molar-refractivity contribution >= 4 is 11.9 Å². The molecule has 0 aliphatic carbocycles. The van der Waals surface area contributed by atoms with Gasteiger partial charge in [0.25, 0.3) is 0 Å². The molecule has 5 nitrogen and oxygen atoms in total. The van der Waals surface area contributed by atoms with Crippen molar-refractivity contribution in [2.75, 3.05) is 0 Å². The van der Waals surface area contributed by atoms with Crippen molar-refractivity contribution in [3.8, 4) is 0 Å². The van der Waals surface area contributed by atoms with Gasteiger partial charge in [0.2, 0.25) is 5.91 Å². The van der Waals surface area contributed by atoms with Gasteiger partial charge in [0.05, 0.1) is 12.5 Å². The Labute approximate surface area is 90.0 Å². The van der Waals surface area contributed by atoms with Gasteiger partial charge in [-0.2, -0.15) is 0 Å². The number of carbonyl (C=O) groups excluding carboxylic acids is 1. The third-order valence-electron chi connectivity index (χ3n) is 1.93. The van der Waals surface area contributed by atoms with Gasteiger partial charge in [-0.05, 0) is 19.3 Å². The predicted molar refractivity (Wildman–Crippen MR) is 57.3 cm³/mol. The van der Waals surface area contributed by atoms with Crippen molar-refractivity contribution in [3.63, 3.8) is 0 Å². The molecule has 0 saturated heterocycles. The molecule has 4 N–H and O–H groups in total. The molecule has 0 spiro atoms. The second-order valence-electron chi connectivity index (χ2n) is 4.24. The van der Waals surface area contributed by atoms with E-state index in [0.717, 1.165) is 0 Å². The van der Waals surface area contributed by atoms with Crippen LogP contribution < -0.4 is 11.1 Å². The number of amides is 1. The maximum Gasteiger partial charge on any atom is 0.305 e. The summed E-state index contributed by atoms with van der Waals surface area (Å²) in [5.41, 5.74) is 5.64. The Morgan fingerprint density at radius 2 is 1.87 bits per heavy atom. The van der Waals surface area contributed by atoms with Crippen molar-refractivity contribution in [2.45, 2.75) is 45.7 Å². The summed E-state index contributed by atoms with van der Waals surface area (Å²) in [5, 5.41) is 11.1. The standard InChI is InChI=1S/C10H20N2O3/c1-6(2)4-8(11)10(15)12-7(3)5-9(13)14/h6-8H,4-5,11H2,1-3H3,(H,12,15)(H,13,14)/t7?,8-/m1/s1. The zero-order valence-corrected chi connectivity index (χ0v) is 9.49. The average Bonchev–Trinajstić information content (AvgIpc) is 2.00. The Morgan fingerprint density at radius 3 is 2.27 bits per heavy atom. The number of carbonyl (C=O) groups is 2. The van der Waals surface area contributed by atoms with Crippen LogP contribution >= 0.6 is 0 Å². The van der Waals surface area contributed by atoms with Crippen LogP contribution in [0.25, 0.3) is 0 Å². The molecule has 88 valence electrons. The van der Waals surface area contributed by atoms with Crippen LogP contribution in [0.3, 0.4) is 0 Å². The molecule has 0 radical (unpaired) electrons. The van der Waals surface area contributed by atoms with Gasteiger partial charge < -0.3 is 16.2 Å². The molecule has 15 heavy (non-hydrogen) atoms. The molecule has 0 aliphatic heterocycles. The number of rotatable bonds is 6. The molecule has 0 aromatic rings. The van der Waals surface area contributed by atoms with E-state index in [1.54, 1.807) is 6.92 Å². The monoisotopic (exact) mass is 216 g/mol. The Kier molecular flexibility index (Phi) is 5.93. The summed E-state index contributed by atoms with van der Waals surface area (Å²) in [4.78, 5) is 21.8. The molecule has 0 fully saturated rings. The van der Waals surface area contributed by atoms with E-state index in [9.17, 15) is 9.59 Å². The van der Waals surface area contributed by atoms with Gasteiger partial charge in [-0.1, -0.05) is 13.8 Å². The first-order valence-electron chi connectivity index (χ1n) is 5.10. The lowest BCUT2D eigenvalue weighted by Crippen LogP contribution is -2.45. The SMILES string of the molecule is CC(C)C[C@@H](N)C(=O)NC(C)CC(=O)O. The second kappa shape index (κ2) is 6.40. The van der Waals surface area contributed by atoms with Crippen molar-refractivity contribution in [2.24, 2.45) is 11.7 Å². The lowest BCUT2D eigenvalue weighted by atomic mass is 10.0. The summed E-state index contributed by atoms with van der Waals surface area (Å²) in [6.45, 7) is 5.61. The summed E-state index contributed by atoms with van der Waals surface area (Å²) in [7, 11) is 0. The van der Waals surface area contributed by atoms with Gasteiger partial charge in [0.15, 0.2) is 0 Å². The lowest BCUT2D eigenvalue weighted by molar-refractivity contribution is -0.137. The maximum absolute atomic E-state index is 11.4. The third kappa shape index (κ3) is 6.90. The number of nitrogens with one attached hydrogen (secondary N) is 1. The molecule has 1 amide bonds. The van der Waals surface area contributed by atoms with Gasteiger partial charge in [-0.25, -0.2) is 0 Å². The van der Waals surface area contributed by atoms with Gasteiger partial charge in [-0.3, -0.25) is 9.59 Å². The zero-order valence-electron chi connectivity index (χ0n) is 9.49. The third-order valence-corrected chi connectivity index (χ3v) is 1.93. The highest BCUT2D eigenvalue weighted by Gasteiger charge is 2.17. The zero-order chi connectivity index (χ0) is 12.0. The van der Waals surface area contributed by atoms with E-state index < -0.39 is 12.0 Å². The number of hydrogen-bond acceptors (Lipinski definition) is 3. The summed E-state index contributed by atoms with van der Waals surface area (Å²) in [6.07, 6.45) is 0.520. The fraction of sp³-hybridized carbons (Fsp3) is 0.800. The minimum Gasteiger partial charge on any atom is -0.481 e. The molecule has 0 heterocycles. The first-order chi connectivity index (χ1) is 6.82. The van der Waals surface area contributed by atoms with Crippen molar-refractivity contribution < 1.29 is 14.7 Å². The van der Waals surface area contributed by atoms with E-state index >= 15 is 0 Å². The number of carboxylic acids is 1. The maximum atomic E-state index is 11.4. The fourth-order valence-corrected chi connectivity index (χ4v) is 1.28. The van der Waals surface area contributed by atoms with Crippen molar-refractivity contribution in [1.29, 1.82) is 0 Å². The van der Waals surface area contributed by atoms with E-state index in [0.29, 0.717) is 12.3 Å². The van der Waals surface area contributed by atoms with Crippen LogP contribution in [0.5, 0.6) is 0 Å². The molecule has 0 aromatic carbocycles. The lowest BCUT2D eigenvalue weighted by Gasteiger charge is -2.17. The predicted octanol–water partition coefficient (Wildman–Crippen LogP) is 0.339. The number of carboxylic acid groups (broad SMARTS) is 1. The first kappa shape index (κ1) is 13.9. The molecule has 0 aliphatic rings. The number of nitrogens with two attached hydrogens (primary N) is 1. The Hall–Kier alpha value is -1.10. The topological polar surface area (TPSA) is 92.4 Å². The van der Waals surface area contributed by atoms with Gasteiger partial charge in [0, 0.05) is 6.04 Å². The smallest absolute Gasteiger partial charge is 0.305 e. The van der Waals surface area contributed by atoms with Crippen LogP contribution in [-0.4, -0.2) is 29.1 Å². The molecular formula is C10H20N2O3. The van der Waals surface area contributed by atoms with Crippen molar-refractivity contribution in [3.05, 3.63) is 0 Å². The highest BCUT2D eigenvalue weighted by atomic mass is 16.4. The average molecular weight is 216 g/mol. The minimum absolute atomic E-state index is 0.0832. The Morgan fingerprint density at radius 1 is 1.33 bits per heavy atom. The molecule has 0 rings (SSSR count). The quantitative estimate of drug-likeness (QED) is 0.597. The van der Waals surface area contributed by atoms with E-state index in [1.807, 2.05) is 13.8 Å². The number of aliphatic carboxylic acids is 1. The summed E-state index contributed by atoms with van der Waals surface area (Å²) < 4.78 is 0. The summed E-state index contributed by atoms with van der Waals surface area (Å²) >= 11 is 0. The van der Waals surface area contributed by atoms with Gasteiger partial charge in [-0.15, -0.1) is 0 Å². The Bertz CT molecular complexity index is 229. The van der Waals surface area contributed by atoms with Crippen LogP contribution in [-0.2, 0) is 9.59 Å². The molecule has 0 aromatic heterocycles. The minimum atomic E-state index is -0.930. The van der Waals surface area contributed by atoms with Crippen LogP contribution in [0.4, 0.5) is 0 Å². The highest BCUT2D eigenvalue weighted by Crippen LogP contribution is 2.03. The largest absolute Gasteiger partial charge is 0.481 e. The normalized spacial score (nSPS) is 14.7. The van der Waals surface area contributed by atoms with Gasteiger partial charge in [0.1, 0.15) is 0 Å². The fourth-order valence-electron chi connectivity index (χ4n) is 1.28. The van der Waals surface area contributed by atoms with Gasteiger partial charge >= 0.3 is 5.97 Å². The van der Waals surface area contributed by atoms with Crippen LogP contribution in [0.15, 0.2) is 0 Å². The molecule has 0 saturated carbocycles. The molecule has 0 bridgehead atoms. The van der Waals surface area contributed by atoms with E-state index in [-0.39, 0.29) is 18.4 Å². The van der Waals surface area contributed by atoms with E-state index in [2.05, 4.69) is 5.32 Å². The second-order valence-corrected chi connectivity index (χ2v) is 4.24. The highest BCUT2D eigenvalue weighted by molar-refractivity contribution is 5.82. The first-order valence-corrected chi connectivity index (χ1v) is 5.10. The van der Waals surface area contributed by atoms with E-state index in [1.165, 1.54) is 0 Å². The van der Waals surface area contributed by atoms with E-state index in [4.69, 9.17) is 10.8 Å². The molecule has 1 unspecified atom stereocenters. The van der Waals surface area contributed by atoms with Crippen LogP contribution in [0, 0.1) is 5.92 Å². The van der Waals surface area contributed by atoms with Crippen LogP contribution in [0.1, 0.15) is 33.6 Å². The summed E-state index contributed by atoms with van der Waals surface area (Å²) in [6, 6.07) is -0.936. The van der Waals surface area contributed by atoms with Crippen LogP contribution in [0.2, 0.25) is 0 Å². The molecule has 2 atom stereocenters. The molecule has 5 heteroatoms. The summed E-state index contributed by atoms with van der Waals surface area (Å²) in [5.74, 6) is -0.863. The Balaban J connectivity index is 3.95. The van der Waals surface area contributed by atoms with Crippen molar-refractivity contribution in [1.82, 2.24) is 5.32 Å². The molecular weight excluding hydrogens is 196 g/mol.